The van der Waals surface area contributed by atoms with Crippen LogP contribution in [0.15, 0.2) is 52.7 Å². The highest BCUT2D eigenvalue weighted by Crippen LogP contribution is 2.58. The average molecular weight is 450 g/mol. The zero-order chi connectivity index (χ0) is 23.6. The van der Waals surface area contributed by atoms with Crippen molar-refractivity contribution in [2.45, 2.75) is 64.0 Å². The highest BCUT2D eigenvalue weighted by atomic mass is 16.5. The third-order valence-corrected chi connectivity index (χ3v) is 7.20. The summed E-state index contributed by atoms with van der Waals surface area (Å²) < 4.78 is 5.39. The van der Waals surface area contributed by atoms with E-state index < -0.39 is 0 Å². The van der Waals surface area contributed by atoms with E-state index in [1.807, 2.05) is 24.9 Å². The maximum absolute atomic E-state index is 12.6. The smallest absolute Gasteiger partial charge is 0.338 e. The predicted molar refractivity (Wildman–Crippen MR) is 134 cm³/mol. The van der Waals surface area contributed by atoms with Crippen LogP contribution >= 0.6 is 0 Å². The summed E-state index contributed by atoms with van der Waals surface area (Å²) in [5.41, 5.74) is 8.16. The van der Waals surface area contributed by atoms with Crippen LogP contribution in [0.2, 0.25) is 0 Å². The van der Waals surface area contributed by atoms with Gasteiger partial charge in [-0.3, -0.25) is 9.98 Å². The lowest BCUT2D eigenvalue weighted by atomic mass is 9.52. The van der Waals surface area contributed by atoms with Crippen molar-refractivity contribution < 1.29 is 9.53 Å². The molecule has 7 heteroatoms. The van der Waals surface area contributed by atoms with Crippen molar-refractivity contribution in [1.29, 1.82) is 0 Å². The Labute approximate surface area is 196 Å². The summed E-state index contributed by atoms with van der Waals surface area (Å²) >= 11 is 0. The Hall–Kier alpha value is -2.93. The zero-order valence-corrected chi connectivity index (χ0v) is 19.6. The van der Waals surface area contributed by atoms with Crippen molar-refractivity contribution >= 4 is 29.8 Å². The van der Waals surface area contributed by atoms with Crippen LogP contribution in [0, 0.1) is 17.8 Å². The molecule has 4 saturated carbocycles. The normalized spacial score (nSPS) is 28.7. The molecule has 0 saturated heterocycles. The quantitative estimate of drug-likeness (QED) is 0.260. The minimum Gasteiger partial charge on any atom is -0.459 e. The van der Waals surface area contributed by atoms with Gasteiger partial charge in [0, 0.05) is 30.4 Å². The monoisotopic (exact) mass is 449 g/mol. The van der Waals surface area contributed by atoms with Crippen LogP contribution in [0.4, 0.5) is 11.4 Å². The molecule has 33 heavy (non-hydrogen) atoms. The Bertz CT molecular complexity index is 959. The van der Waals surface area contributed by atoms with E-state index in [1.165, 1.54) is 31.7 Å². The Morgan fingerprint density at radius 2 is 1.82 bits per heavy atom. The highest BCUT2D eigenvalue weighted by Gasteiger charge is 2.53. The standard InChI is InChI=1S/C26H35N5O2/c1-4-29-15-21(14-27)16-30-23-10-22(25(32)33-17(2)3)5-6-24(23)31(28)26-11-18-7-19(12-26)9-20(8-18)13-26/h4-6,10,14-20H,1,7-9,11-13,27-28H2,2-3H3/b21-14+,29-15-,30-16-. The first kappa shape index (κ1) is 23.2. The molecule has 5 rings (SSSR count). The fourth-order valence-corrected chi connectivity index (χ4v) is 6.26. The molecular formula is C26H35N5O2. The number of hydrazine groups is 1. The molecule has 1 aromatic carbocycles. The third-order valence-electron chi connectivity index (χ3n) is 7.20. The van der Waals surface area contributed by atoms with E-state index in [1.54, 1.807) is 24.6 Å². The van der Waals surface area contributed by atoms with E-state index in [0.29, 0.717) is 16.8 Å². The fourth-order valence-electron chi connectivity index (χ4n) is 6.26. The van der Waals surface area contributed by atoms with Crippen LogP contribution in [0.25, 0.3) is 0 Å². The third kappa shape index (κ3) is 4.88. The minimum absolute atomic E-state index is 0.0458. The lowest BCUT2D eigenvalue weighted by Gasteiger charge is -2.59. The maximum atomic E-state index is 12.6. The number of benzene rings is 1. The van der Waals surface area contributed by atoms with E-state index in [4.69, 9.17) is 16.3 Å². The van der Waals surface area contributed by atoms with E-state index >= 15 is 0 Å². The van der Waals surface area contributed by atoms with E-state index in [9.17, 15) is 4.79 Å². The van der Waals surface area contributed by atoms with Gasteiger partial charge in [-0.2, -0.15) is 0 Å². The van der Waals surface area contributed by atoms with Gasteiger partial charge in [0.05, 0.1) is 28.6 Å². The predicted octanol–water partition coefficient (Wildman–Crippen LogP) is 4.66. The number of nitrogens with two attached hydrogens (primary N) is 2. The van der Waals surface area contributed by atoms with Crippen molar-refractivity contribution in [3.63, 3.8) is 0 Å². The first-order chi connectivity index (χ1) is 15.8. The number of hydrogen-bond acceptors (Lipinski definition) is 7. The van der Waals surface area contributed by atoms with Crippen molar-refractivity contribution in [1.82, 2.24) is 0 Å². The Morgan fingerprint density at radius 1 is 1.18 bits per heavy atom. The van der Waals surface area contributed by atoms with Crippen LogP contribution in [-0.4, -0.2) is 30.0 Å². The summed E-state index contributed by atoms with van der Waals surface area (Å²) in [6.45, 7) is 7.24. The van der Waals surface area contributed by atoms with Gasteiger partial charge < -0.3 is 15.5 Å². The largest absolute Gasteiger partial charge is 0.459 e. The molecular weight excluding hydrogens is 414 g/mol. The lowest BCUT2D eigenvalue weighted by molar-refractivity contribution is -0.00442. The summed E-state index contributed by atoms with van der Waals surface area (Å²) in [7, 11) is 0. The van der Waals surface area contributed by atoms with Gasteiger partial charge in [-0.15, -0.1) is 0 Å². The molecule has 0 unspecified atom stereocenters. The Balaban J connectivity index is 1.69. The van der Waals surface area contributed by atoms with Gasteiger partial charge in [0.1, 0.15) is 0 Å². The zero-order valence-electron chi connectivity index (χ0n) is 19.6. The van der Waals surface area contributed by atoms with E-state index in [0.717, 1.165) is 42.7 Å². The van der Waals surface area contributed by atoms with Crippen LogP contribution < -0.4 is 16.6 Å². The molecule has 0 aromatic heterocycles. The average Bonchev–Trinajstić information content (AvgIpc) is 2.77. The molecule has 4 fully saturated rings. The molecule has 0 aliphatic heterocycles. The number of nitrogens with zero attached hydrogens (tertiary/aromatic N) is 3. The second-order valence-electron chi connectivity index (χ2n) is 10.1. The van der Waals surface area contributed by atoms with Gasteiger partial charge in [0.25, 0.3) is 0 Å². The Kier molecular flexibility index (Phi) is 6.70. The minimum atomic E-state index is -0.380. The van der Waals surface area contributed by atoms with Gasteiger partial charge in [-0.1, -0.05) is 6.58 Å². The molecule has 4 aliphatic carbocycles. The number of esters is 1. The molecule has 0 radical (unpaired) electrons. The molecule has 176 valence electrons. The van der Waals surface area contributed by atoms with Crippen LogP contribution in [-0.2, 0) is 4.74 Å². The van der Waals surface area contributed by atoms with Gasteiger partial charge in [-0.05, 0) is 88.3 Å². The van der Waals surface area contributed by atoms with Crippen LogP contribution in [0.5, 0.6) is 0 Å². The fraction of sp³-hybridized carbons (Fsp3) is 0.500. The summed E-state index contributed by atoms with van der Waals surface area (Å²) in [5.74, 6) is 8.79. The molecule has 0 spiro atoms. The summed E-state index contributed by atoms with van der Waals surface area (Å²) in [4.78, 5) is 21.2. The maximum Gasteiger partial charge on any atom is 0.338 e. The second-order valence-corrected chi connectivity index (χ2v) is 10.1. The van der Waals surface area contributed by atoms with E-state index in [-0.39, 0.29) is 17.6 Å². The molecule has 4 bridgehead atoms. The van der Waals surface area contributed by atoms with Gasteiger partial charge in [0.2, 0.25) is 0 Å². The van der Waals surface area contributed by atoms with Crippen molar-refractivity contribution in [3.8, 4) is 0 Å². The molecule has 1 aromatic rings. The van der Waals surface area contributed by atoms with E-state index in [2.05, 4.69) is 16.6 Å². The second kappa shape index (κ2) is 9.51. The summed E-state index contributed by atoms with van der Waals surface area (Å²) in [6.07, 6.45) is 13.2. The number of aliphatic imine (C=N–C) groups is 2. The number of carbonyl (C=O) groups excluding carboxylic acids is 1. The molecule has 0 atom stereocenters. The van der Waals surface area contributed by atoms with Crippen molar-refractivity contribution in [3.05, 3.63) is 48.3 Å². The summed E-state index contributed by atoms with van der Waals surface area (Å²) in [5, 5.41) is 1.95. The number of allylic oxidation sites excluding steroid dienone is 1. The first-order valence-electron chi connectivity index (χ1n) is 11.8. The number of hydrogen-bond donors (Lipinski definition) is 2. The summed E-state index contributed by atoms with van der Waals surface area (Å²) in [6, 6.07) is 5.42. The molecule has 0 amide bonds. The topological polar surface area (TPSA) is 106 Å². The van der Waals surface area contributed by atoms with Crippen LogP contribution in [0.3, 0.4) is 0 Å². The molecule has 0 heterocycles. The number of anilines is 1. The Morgan fingerprint density at radius 3 is 2.36 bits per heavy atom. The number of rotatable bonds is 8. The molecule has 4 aliphatic rings. The van der Waals surface area contributed by atoms with Crippen LogP contribution in [0.1, 0.15) is 62.7 Å². The van der Waals surface area contributed by atoms with Crippen molar-refractivity contribution in [2.75, 3.05) is 5.01 Å². The van der Waals surface area contributed by atoms with Crippen molar-refractivity contribution in [2.24, 2.45) is 39.3 Å². The lowest BCUT2D eigenvalue weighted by Crippen LogP contribution is -2.62. The SMILES string of the molecule is C=C\N=C/C(/C=N\c1cc(C(=O)OC(C)C)ccc1N(N)C12CC3CC(CC(C3)C1)C2)=C\N. The molecule has 4 N–H and O–H groups in total. The number of carbonyl (C=O) groups is 1. The molecule has 7 nitrogen and oxygen atoms in total. The number of ether oxygens (including phenoxy) is 1. The first-order valence-corrected chi connectivity index (χ1v) is 11.8. The van der Waals surface area contributed by atoms with Gasteiger partial charge in [0.15, 0.2) is 0 Å². The van der Waals surface area contributed by atoms with Gasteiger partial charge >= 0.3 is 5.97 Å². The highest BCUT2D eigenvalue weighted by molar-refractivity contribution is 6.05. The van der Waals surface area contributed by atoms with Gasteiger partial charge in [-0.25, -0.2) is 10.6 Å².